The number of benzene rings is 3. The molecule has 5 nitrogen and oxygen atoms in total. The number of sulfonamides is 1. The zero-order valence-electron chi connectivity index (χ0n) is 16.8. The largest absolute Gasteiger partial charge is 0.416 e. The highest BCUT2D eigenvalue weighted by molar-refractivity contribution is 7.89. The highest BCUT2D eigenvalue weighted by Crippen LogP contribution is 2.34. The van der Waals surface area contributed by atoms with E-state index in [2.05, 4.69) is 5.32 Å². The maximum absolute atomic E-state index is 13.3. The molecule has 0 unspecified atom stereocenters. The SMILES string of the molecule is O=C(CN(Cc1ccccc1)S(=O)(=O)c1ccc(F)cc1)Nc1cc(C(F)(F)F)ccc1Cl. The van der Waals surface area contributed by atoms with Crippen LogP contribution in [0.5, 0.6) is 0 Å². The lowest BCUT2D eigenvalue weighted by Gasteiger charge is -2.22. The Kier molecular flexibility index (Phi) is 7.41. The summed E-state index contributed by atoms with van der Waals surface area (Å²) in [6, 6.07) is 14.8. The van der Waals surface area contributed by atoms with E-state index in [1.54, 1.807) is 30.3 Å². The average Bonchev–Trinajstić information content (AvgIpc) is 2.75. The van der Waals surface area contributed by atoms with Gasteiger partial charge in [-0.1, -0.05) is 41.9 Å². The molecular formula is C22H17ClF4N2O3S. The first-order valence-corrected chi connectivity index (χ1v) is 11.2. The molecular weight excluding hydrogens is 484 g/mol. The fourth-order valence-electron chi connectivity index (χ4n) is 2.92. The van der Waals surface area contributed by atoms with Gasteiger partial charge >= 0.3 is 6.18 Å². The van der Waals surface area contributed by atoms with Gasteiger partial charge in [0.05, 0.1) is 27.7 Å². The average molecular weight is 501 g/mol. The third kappa shape index (κ3) is 6.31. The van der Waals surface area contributed by atoms with Gasteiger partial charge in [0.25, 0.3) is 0 Å². The molecule has 3 rings (SSSR count). The van der Waals surface area contributed by atoms with E-state index < -0.39 is 40.0 Å². The number of amides is 1. The maximum atomic E-state index is 13.3. The van der Waals surface area contributed by atoms with Gasteiger partial charge in [0.15, 0.2) is 0 Å². The normalized spacial score (nSPS) is 12.1. The number of carbonyl (C=O) groups excluding carboxylic acids is 1. The van der Waals surface area contributed by atoms with Gasteiger partial charge in [-0.15, -0.1) is 0 Å². The number of nitrogens with one attached hydrogen (secondary N) is 1. The van der Waals surface area contributed by atoms with Crippen molar-refractivity contribution in [3.8, 4) is 0 Å². The third-order valence-corrected chi connectivity index (χ3v) is 6.68. The van der Waals surface area contributed by atoms with Crippen LogP contribution >= 0.6 is 11.6 Å². The van der Waals surface area contributed by atoms with Crippen LogP contribution in [0.4, 0.5) is 23.2 Å². The molecule has 0 aromatic heterocycles. The molecule has 0 aliphatic carbocycles. The van der Waals surface area contributed by atoms with Crippen LogP contribution in [0.3, 0.4) is 0 Å². The summed E-state index contributed by atoms with van der Waals surface area (Å²) in [4.78, 5) is 12.4. The number of hydrogen-bond donors (Lipinski definition) is 1. The Balaban J connectivity index is 1.89. The Labute approximate surface area is 192 Å². The summed E-state index contributed by atoms with van der Waals surface area (Å²) in [5, 5.41) is 2.09. The van der Waals surface area contributed by atoms with Crippen LogP contribution < -0.4 is 5.32 Å². The van der Waals surface area contributed by atoms with Crippen molar-refractivity contribution in [1.29, 1.82) is 0 Å². The predicted octanol–water partition coefficient (Wildman–Crippen LogP) is 5.33. The topological polar surface area (TPSA) is 66.5 Å². The summed E-state index contributed by atoms with van der Waals surface area (Å²) < 4.78 is 79.4. The lowest BCUT2D eigenvalue weighted by molar-refractivity contribution is -0.137. The van der Waals surface area contributed by atoms with Crippen molar-refractivity contribution >= 4 is 33.2 Å². The number of carbonyl (C=O) groups is 1. The summed E-state index contributed by atoms with van der Waals surface area (Å²) in [6.07, 6.45) is -4.66. The summed E-state index contributed by atoms with van der Waals surface area (Å²) in [5.74, 6) is -1.54. The van der Waals surface area contributed by atoms with Gasteiger partial charge in [0.2, 0.25) is 15.9 Å². The van der Waals surface area contributed by atoms with Crippen molar-refractivity contribution in [1.82, 2.24) is 4.31 Å². The number of rotatable bonds is 7. The Morgan fingerprint density at radius 2 is 1.61 bits per heavy atom. The van der Waals surface area contributed by atoms with E-state index in [9.17, 15) is 30.8 Å². The van der Waals surface area contributed by atoms with Crippen molar-refractivity contribution in [2.24, 2.45) is 0 Å². The predicted molar refractivity (Wildman–Crippen MR) is 116 cm³/mol. The Morgan fingerprint density at radius 1 is 0.970 bits per heavy atom. The minimum absolute atomic E-state index is 0.146. The van der Waals surface area contributed by atoms with Crippen LogP contribution in [-0.2, 0) is 27.5 Å². The highest BCUT2D eigenvalue weighted by Gasteiger charge is 2.32. The molecule has 0 aliphatic rings. The van der Waals surface area contributed by atoms with Crippen molar-refractivity contribution in [3.63, 3.8) is 0 Å². The minimum atomic E-state index is -4.66. The molecule has 3 aromatic carbocycles. The highest BCUT2D eigenvalue weighted by atomic mass is 35.5. The Hall–Kier alpha value is -2.95. The second-order valence-corrected chi connectivity index (χ2v) is 9.30. The molecule has 11 heteroatoms. The first kappa shape index (κ1) is 24.7. The summed E-state index contributed by atoms with van der Waals surface area (Å²) in [6.45, 7) is -0.925. The van der Waals surface area contributed by atoms with Gasteiger partial charge in [-0.05, 0) is 48.0 Å². The fourth-order valence-corrected chi connectivity index (χ4v) is 4.47. The van der Waals surface area contributed by atoms with Crippen LogP contribution in [0.25, 0.3) is 0 Å². The van der Waals surface area contributed by atoms with E-state index >= 15 is 0 Å². The minimum Gasteiger partial charge on any atom is -0.324 e. The smallest absolute Gasteiger partial charge is 0.324 e. The molecule has 0 spiro atoms. The Bertz CT molecular complexity index is 1230. The van der Waals surface area contributed by atoms with Crippen molar-refractivity contribution in [2.45, 2.75) is 17.6 Å². The quantitative estimate of drug-likeness (QED) is 0.446. The zero-order chi connectivity index (χ0) is 24.2. The molecule has 0 heterocycles. The van der Waals surface area contributed by atoms with E-state index in [1.165, 1.54) is 0 Å². The molecule has 174 valence electrons. The van der Waals surface area contributed by atoms with Gasteiger partial charge < -0.3 is 5.32 Å². The monoisotopic (exact) mass is 500 g/mol. The second-order valence-electron chi connectivity index (χ2n) is 6.95. The molecule has 0 bridgehead atoms. The summed E-state index contributed by atoms with van der Waals surface area (Å²) >= 11 is 5.91. The Morgan fingerprint density at radius 3 is 2.21 bits per heavy atom. The van der Waals surface area contributed by atoms with Crippen LogP contribution in [0.2, 0.25) is 5.02 Å². The van der Waals surface area contributed by atoms with E-state index in [0.717, 1.165) is 40.7 Å². The lowest BCUT2D eigenvalue weighted by atomic mass is 10.2. The first-order valence-electron chi connectivity index (χ1n) is 9.43. The van der Waals surface area contributed by atoms with E-state index in [1.807, 2.05) is 0 Å². The number of anilines is 1. The van der Waals surface area contributed by atoms with Gasteiger partial charge in [0.1, 0.15) is 5.82 Å². The molecule has 0 aliphatic heterocycles. The van der Waals surface area contributed by atoms with Gasteiger partial charge in [0, 0.05) is 6.54 Å². The van der Waals surface area contributed by atoms with Crippen LogP contribution in [-0.4, -0.2) is 25.2 Å². The van der Waals surface area contributed by atoms with Crippen LogP contribution in [0.15, 0.2) is 77.7 Å². The number of halogens is 5. The van der Waals surface area contributed by atoms with Gasteiger partial charge in [-0.3, -0.25) is 4.79 Å². The molecule has 0 atom stereocenters. The van der Waals surface area contributed by atoms with E-state index in [-0.39, 0.29) is 22.2 Å². The molecule has 0 fully saturated rings. The first-order chi connectivity index (χ1) is 15.5. The number of nitrogens with zero attached hydrogens (tertiary/aromatic N) is 1. The van der Waals surface area contributed by atoms with Crippen LogP contribution in [0, 0.1) is 5.82 Å². The summed E-state index contributed by atoms with van der Waals surface area (Å²) in [5.41, 5.74) is -0.773. The number of alkyl halides is 3. The molecule has 33 heavy (non-hydrogen) atoms. The van der Waals surface area contributed by atoms with Crippen molar-refractivity contribution < 1.29 is 30.8 Å². The van der Waals surface area contributed by atoms with E-state index in [0.29, 0.717) is 11.6 Å². The van der Waals surface area contributed by atoms with Crippen LogP contribution in [0.1, 0.15) is 11.1 Å². The molecule has 1 N–H and O–H groups in total. The maximum Gasteiger partial charge on any atom is 0.416 e. The van der Waals surface area contributed by atoms with Crippen molar-refractivity contribution in [3.05, 3.63) is 94.8 Å². The molecule has 0 radical (unpaired) electrons. The summed E-state index contributed by atoms with van der Waals surface area (Å²) in [7, 11) is -4.25. The fraction of sp³-hybridized carbons (Fsp3) is 0.136. The van der Waals surface area contributed by atoms with Crippen molar-refractivity contribution in [2.75, 3.05) is 11.9 Å². The molecule has 0 saturated heterocycles. The third-order valence-electron chi connectivity index (χ3n) is 4.54. The van der Waals surface area contributed by atoms with Gasteiger partial charge in [-0.25, -0.2) is 12.8 Å². The molecule has 0 saturated carbocycles. The zero-order valence-corrected chi connectivity index (χ0v) is 18.4. The molecule has 1 amide bonds. The van der Waals surface area contributed by atoms with Gasteiger partial charge in [-0.2, -0.15) is 17.5 Å². The second kappa shape index (κ2) is 9.90. The molecule has 3 aromatic rings. The number of hydrogen-bond acceptors (Lipinski definition) is 3. The standard InChI is InChI=1S/C22H17ClF4N2O3S/c23-19-11-6-16(22(25,26)27)12-20(19)28-21(30)14-29(13-15-4-2-1-3-5-15)33(31,32)18-9-7-17(24)8-10-18/h1-12H,13-14H2,(H,28,30). The van der Waals surface area contributed by atoms with E-state index in [4.69, 9.17) is 11.6 Å². The lowest BCUT2D eigenvalue weighted by Crippen LogP contribution is -2.37.